The van der Waals surface area contributed by atoms with Crippen molar-refractivity contribution in [1.29, 1.82) is 0 Å². The van der Waals surface area contributed by atoms with E-state index in [4.69, 9.17) is 37.1 Å². The highest BCUT2D eigenvalue weighted by molar-refractivity contribution is 6.35. The number of fused-ring (bicyclic) bond motifs is 2. The van der Waals surface area contributed by atoms with Crippen molar-refractivity contribution in [2.75, 3.05) is 7.11 Å². The van der Waals surface area contributed by atoms with Gasteiger partial charge in [0.1, 0.15) is 12.2 Å². The number of aromatic nitrogens is 2. The molecule has 6 aromatic rings. The van der Waals surface area contributed by atoms with Crippen molar-refractivity contribution in [3.63, 3.8) is 0 Å². The minimum Gasteiger partial charge on any atom is -0.493 e. The van der Waals surface area contributed by atoms with Crippen molar-refractivity contribution in [1.82, 2.24) is 9.66 Å². The zero-order chi connectivity index (χ0) is 30.1. The average molecular weight is 615 g/mol. The number of furan rings is 1. The summed E-state index contributed by atoms with van der Waals surface area (Å²) in [5.41, 5.74) is 1.12. The van der Waals surface area contributed by atoms with Crippen molar-refractivity contribution in [3.05, 3.63) is 127 Å². The highest BCUT2D eigenvalue weighted by Crippen LogP contribution is 2.39. The van der Waals surface area contributed by atoms with Crippen LogP contribution < -0.4 is 15.0 Å². The van der Waals surface area contributed by atoms with E-state index >= 15 is 0 Å². The van der Waals surface area contributed by atoms with Crippen LogP contribution in [-0.2, 0) is 6.61 Å². The van der Waals surface area contributed by atoms with Crippen LogP contribution in [0.3, 0.4) is 0 Å². The Balaban J connectivity index is 1.43. The molecule has 0 bridgehead atoms. The van der Waals surface area contributed by atoms with Gasteiger partial charge in [0, 0.05) is 32.6 Å². The summed E-state index contributed by atoms with van der Waals surface area (Å²) in [4.78, 5) is 29.7. The topological polar surface area (TPSA) is 122 Å². The Morgan fingerprint density at radius 2 is 1.84 bits per heavy atom. The Morgan fingerprint density at radius 3 is 2.60 bits per heavy atom. The van der Waals surface area contributed by atoms with Gasteiger partial charge in [0.2, 0.25) is 11.6 Å². The molecule has 10 nitrogen and oxygen atoms in total. The molecule has 0 aliphatic heterocycles. The molecule has 0 atom stereocenters. The normalized spacial score (nSPS) is 11.4. The van der Waals surface area contributed by atoms with Gasteiger partial charge >= 0.3 is 5.69 Å². The van der Waals surface area contributed by atoms with E-state index in [1.807, 2.05) is 24.3 Å². The number of hydrogen-bond acceptors (Lipinski definition) is 8. The first-order valence-electron chi connectivity index (χ1n) is 12.8. The van der Waals surface area contributed by atoms with E-state index in [2.05, 4.69) is 10.1 Å². The van der Waals surface area contributed by atoms with Gasteiger partial charge in [-0.15, -0.1) is 0 Å². The average Bonchev–Trinajstić information content (AvgIpc) is 3.44. The molecule has 0 spiro atoms. The molecule has 43 heavy (non-hydrogen) atoms. The highest BCUT2D eigenvalue weighted by atomic mass is 35.5. The largest absolute Gasteiger partial charge is 0.493 e. The van der Waals surface area contributed by atoms with E-state index in [9.17, 15) is 14.9 Å². The molecule has 12 heteroatoms. The smallest absolute Gasteiger partial charge is 0.315 e. The highest BCUT2D eigenvalue weighted by Gasteiger charge is 2.23. The van der Waals surface area contributed by atoms with Crippen molar-refractivity contribution < 1.29 is 18.8 Å². The fourth-order valence-electron chi connectivity index (χ4n) is 4.51. The molecular formula is C31H20Cl2N4O6. The molecule has 0 aliphatic rings. The Hall–Kier alpha value is -5.19. The van der Waals surface area contributed by atoms with Gasteiger partial charge in [-0.1, -0.05) is 59.6 Å². The summed E-state index contributed by atoms with van der Waals surface area (Å²) in [5, 5.41) is 18.4. The maximum Gasteiger partial charge on any atom is 0.315 e. The second kappa shape index (κ2) is 11.6. The minimum absolute atomic E-state index is 0.0698. The Morgan fingerprint density at radius 1 is 1.05 bits per heavy atom. The second-order valence-corrected chi connectivity index (χ2v) is 10.2. The van der Waals surface area contributed by atoms with Crippen LogP contribution in [0.5, 0.6) is 11.5 Å². The SMILES string of the molecule is COc1cc(C=Nn2c(-c3cc4ccccc4o3)nc3ccccc3c2=O)cc([N+](=O)[O-])c1OCc1ccc(Cl)cc1Cl. The Labute approximate surface area is 253 Å². The van der Waals surface area contributed by atoms with Crippen LogP contribution in [0, 0.1) is 10.1 Å². The summed E-state index contributed by atoms with van der Waals surface area (Å²) in [7, 11) is 1.36. The van der Waals surface area contributed by atoms with Crippen LogP contribution in [-0.4, -0.2) is 27.9 Å². The summed E-state index contributed by atoms with van der Waals surface area (Å²) in [5.74, 6) is 0.484. The Kier molecular flexibility index (Phi) is 7.54. The lowest BCUT2D eigenvalue weighted by molar-refractivity contribution is -0.386. The lowest BCUT2D eigenvalue weighted by Gasteiger charge is -2.13. The standard InChI is InChI=1S/C31H20Cl2N4O6/c1-41-27-13-18(12-25(37(39)40)29(27)42-17-20-10-11-21(32)15-23(20)33)16-34-36-30(28-14-19-6-2-5-9-26(19)43-28)35-24-8-4-3-7-22(24)31(36)38/h2-16H,17H2,1H3. The predicted molar refractivity (Wildman–Crippen MR) is 165 cm³/mol. The molecule has 0 radical (unpaired) electrons. The third-order valence-corrected chi connectivity index (χ3v) is 7.17. The maximum absolute atomic E-state index is 13.6. The number of nitro benzene ring substituents is 1. The molecule has 2 heterocycles. The molecule has 0 amide bonds. The number of nitrogens with zero attached hydrogens (tertiary/aromatic N) is 4. The summed E-state index contributed by atoms with van der Waals surface area (Å²) in [6.07, 6.45) is 1.30. The quantitative estimate of drug-likeness (QED) is 0.0988. The monoisotopic (exact) mass is 614 g/mol. The van der Waals surface area contributed by atoms with E-state index in [1.165, 1.54) is 25.5 Å². The summed E-state index contributed by atoms with van der Waals surface area (Å²) < 4.78 is 18.3. The van der Waals surface area contributed by atoms with Gasteiger partial charge in [-0.05, 0) is 42.5 Å². The lowest BCUT2D eigenvalue weighted by atomic mass is 10.1. The lowest BCUT2D eigenvalue weighted by Crippen LogP contribution is -2.20. The predicted octanol–water partition coefficient (Wildman–Crippen LogP) is 7.49. The van der Waals surface area contributed by atoms with Crippen molar-refractivity contribution in [2.45, 2.75) is 6.61 Å². The van der Waals surface area contributed by atoms with Crippen molar-refractivity contribution in [3.8, 4) is 23.1 Å². The van der Waals surface area contributed by atoms with Gasteiger partial charge < -0.3 is 13.9 Å². The van der Waals surface area contributed by atoms with E-state index in [-0.39, 0.29) is 35.2 Å². The van der Waals surface area contributed by atoms with E-state index < -0.39 is 10.5 Å². The van der Waals surface area contributed by atoms with Gasteiger partial charge in [-0.25, -0.2) is 4.98 Å². The van der Waals surface area contributed by atoms with Gasteiger partial charge in [-0.3, -0.25) is 14.9 Å². The Bertz CT molecular complexity index is 2090. The van der Waals surface area contributed by atoms with Crippen LogP contribution in [0.4, 0.5) is 5.69 Å². The van der Waals surface area contributed by atoms with Crippen molar-refractivity contribution >= 4 is 57.0 Å². The van der Waals surface area contributed by atoms with E-state index in [0.717, 1.165) is 10.1 Å². The van der Waals surface area contributed by atoms with Crippen LogP contribution in [0.25, 0.3) is 33.5 Å². The number of halogens is 2. The van der Waals surface area contributed by atoms with Gasteiger partial charge in [-0.2, -0.15) is 9.78 Å². The fraction of sp³-hybridized carbons (Fsp3) is 0.0645. The molecule has 2 aromatic heterocycles. The first-order chi connectivity index (χ1) is 20.8. The summed E-state index contributed by atoms with van der Waals surface area (Å²) in [6, 6.07) is 23.7. The number of ether oxygens (including phenoxy) is 2. The van der Waals surface area contributed by atoms with Crippen LogP contribution >= 0.6 is 23.2 Å². The zero-order valence-electron chi connectivity index (χ0n) is 22.4. The number of rotatable bonds is 8. The molecule has 6 rings (SSSR count). The van der Waals surface area contributed by atoms with Gasteiger partial charge in [0.15, 0.2) is 11.5 Å². The first-order valence-corrected chi connectivity index (χ1v) is 13.6. The second-order valence-electron chi connectivity index (χ2n) is 9.32. The molecule has 0 saturated heterocycles. The maximum atomic E-state index is 13.6. The number of para-hydroxylation sites is 2. The van der Waals surface area contributed by atoms with Crippen molar-refractivity contribution in [2.24, 2.45) is 5.10 Å². The van der Waals surface area contributed by atoms with Crippen LogP contribution in [0.2, 0.25) is 10.0 Å². The molecule has 214 valence electrons. The first kappa shape index (κ1) is 28.0. The molecule has 0 N–H and O–H groups in total. The molecule has 0 saturated carbocycles. The summed E-state index contributed by atoms with van der Waals surface area (Å²) >= 11 is 12.2. The number of nitro groups is 1. The number of hydrogen-bond donors (Lipinski definition) is 0. The molecular weight excluding hydrogens is 595 g/mol. The van der Waals surface area contributed by atoms with Crippen LogP contribution in [0.1, 0.15) is 11.1 Å². The third kappa shape index (κ3) is 5.53. The van der Waals surface area contributed by atoms with Gasteiger partial charge in [0.05, 0.1) is 29.2 Å². The van der Waals surface area contributed by atoms with E-state index in [1.54, 1.807) is 48.5 Å². The van der Waals surface area contributed by atoms with Crippen LogP contribution in [0.15, 0.2) is 99.2 Å². The molecule has 4 aromatic carbocycles. The number of methoxy groups -OCH3 is 1. The number of benzene rings is 4. The zero-order valence-corrected chi connectivity index (χ0v) is 23.9. The molecule has 0 aliphatic carbocycles. The fourth-order valence-corrected chi connectivity index (χ4v) is 4.97. The molecule has 0 fully saturated rings. The van der Waals surface area contributed by atoms with Gasteiger partial charge in [0.25, 0.3) is 5.56 Å². The third-order valence-electron chi connectivity index (χ3n) is 6.58. The summed E-state index contributed by atoms with van der Waals surface area (Å²) in [6.45, 7) is -0.0698. The van der Waals surface area contributed by atoms with E-state index in [0.29, 0.717) is 37.9 Å². The molecule has 0 unspecified atom stereocenters. The minimum atomic E-state index is -0.595.